The summed E-state index contributed by atoms with van der Waals surface area (Å²) in [7, 11) is 0. The van der Waals surface area contributed by atoms with Crippen molar-refractivity contribution in [2.45, 2.75) is 0 Å². The van der Waals surface area contributed by atoms with E-state index < -0.39 is 0 Å². The van der Waals surface area contributed by atoms with Gasteiger partial charge >= 0.3 is 0 Å². The second kappa shape index (κ2) is 8.28. The van der Waals surface area contributed by atoms with Crippen LogP contribution in [0.1, 0.15) is 0 Å². The van der Waals surface area contributed by atoms with Gasteiger partial charge < -0.3 is 13.2 Å². The molecule has 0 aliphatic heterocycles. The summed E-state index contributed by atoms with van der Waals surface area (Å²) in [4.78, 5) is 4.81. The lowest BCUT2D eigenvalue weighted by atomic mass is 10.1. The number of nitrogens with zero attached hydrogens (tertiary/aromatic N) is 3. The van der Waals surface area contributed by atoms with Crippen molar-refractivity contribution in [2.24, 2.45) is 0 Å². The molecule has 0 saturated carbocycles. The van der Waals surface area contributed by atoms with Crippen LogP contribution in [0.4, 0.5) is 0 Å². The average molecular weight is 574 g/mol. The molecule has 8 heterocycles. The first kappa shape index (κ1) is 23.3. The summed E-state index contributed by atoms with van der Waals surface area (Å²) in [5.41, 5.74) is 9.65. The molecule has 0 N–H and O–H groups in total. The quantitative estimate of drug-likeness (QED) is 0.181. The highest BCUT2D eigenvalue weighted by atomic mass is 16.3. The number of pyridine rings is 1. The van der Waals surface area contributed by atoms with Crippen molar-refractivity contribution < 1.29 is 4.42 Å². The molecule has 0 fully saturated rings. The molecule has 14 aromatic rings. The van der Waals surface area contributed by atoms with Crippen LogP contribution in [0, 0.1) is 0 Å². The van der Waals surface area contributed by atoms with E-state index in [9.17, 15) is 0 Å². The topological polar surface area (TPSA) is 34.9 Å². The summed E-state index contributed by atoms with van der Waals surface area (Å²) in [6.45, 7) is 0. The highest BCUT2D eigenvalue weighted by Gasteiger charge is 2.18. The zero-order chi connectivity index (χ0) is 29.2. The van der Waals surface area contributed by atoms with Crippen molar-refractivity contribution in [1.82, 2.24) is 13.8 Å². The third kappa shape index (κ3) is 3.03. The second-order valence-corrected chi connectivity index (χ2v) is 12.0. The molecule has 0 unspecified atom stereocenters. The maximum absolute atomic E-state index is 6.21. The Bertz CT molecular complexity index is 2850. The van der Waals surface area contributed by atoms with Crippen molar-refractivity contribution in [3.8, 4) is 0 Å². The van der Waals surface area contributed by atoms with Crippen LogP contribution < -0.4 is 0 Å². The molecular weight excluding hydrogens is 550 g/mol. The highest BCUT2D eigenvalue weighted by molar-refractivity contribution is 6.23. The van der Waals surface area contributed by atoms with E-state index in [1.54, 1.807) is 0 Å². The van der Waals surface area contributed by atoms with E-state index >= 15 is 0 Å². The van der Waals surface area contributed by atoms with E-state index in [0.717, 1.165) is 49.3 Å². The van der Waals surface area contributed by atoms with E-state index in [4.69, 9.17) is 9.40 Å². The molecule has 4 heteroatoms. The monoisotopic (exact) mass is 573 g/mol. The molecule has 8 aromatic heterocycles. The smallest absolute Gasteiger partial charge is 0.153 e. The van der Waals surface area contributed by atoms with Gasteiger partial charge in [0.15, 0.2) is 5.58 Å². The van der Waals surface area contributed by atoms with Crippen LogP contribution in [-0.2, 0) is 0 Å². The van der Waals surface area contributed by atoms with Crippen molar-refractivity contribution in [3.63, 3.8) is 0 Å². The maximum atomic E-state index is 6.21. The number of hydrogen-bond donors (Lipinski definition) is 0. The van der Waals surface area contributed by atoms with Gasteiger partial charge in [-0.15, -0.1) is 0 Å². The van der Waals surface area contributed by atoms with Gasteiger partial charge in [-0.3, -0.25) is 4.98 Å². The minimum Gasteiger partial charge on any atom is -0.454 e. The lowest BCUT2D eigenvalue weighted by Gasteiger charge is -2.05. The predicted molar refractivity (Wildman–Crippen MR) is 187 cm³/mol. The third-order valence-corrected chi connectivity index (χ3v) is 9.71. The first-order valence-electron chi connectivity index (χ1n) is 15.3. The zero-order valence-corrected chi connectivity index (χ0v) is 24.0. The van der Waals surface area contributed by atoms with Gasteiger partial charge in [-0.05, 0) is 65.4 Å². The number of para-hydroxylation sites is 2. The van der Waals surface area contributed by atoms with Crippen molar-refractivity contribution >= 4 is 98.3 Å². The van der Waals surface area contributed by atoms with Gasteiger partial charge in [0.25, 0.3) is 0 Å². The average Bonchev–Trinajstić information content (AvgIpc) is 3.75. The number of furan rings is 1. The van der Waals surface area contributed by atoms with Crippen molar-refractivity contribution in [1.29, 1.82) is 0 Å². The standard InChI is InChI=1S/C41H23N3O/c1-3-7-36-29(5-1)31-18-19-32-30-6-2-4-8-37(30)44-28-16-11-25(12-17-28)35-22-34-33-21-26(13-20-38(33)45-39(34)23-42-35)24-9-14-27(15-10-24)43(36)40(31)41(32)44/h1-23H. The fraction of sp³-hybridized carbons (Fsp3) is 0. The summed E-state index contributed by atoms with van der Waals surface area (Å²) in [6.07, 6.45) is 1.86. The highest BCUT2D eigenvalue weighted by Crippen LogP contribution is 2.39. The lowest BCUT2D eigenvalue weighted by Crippen LogP contribution is -1.89. The molecule has 8 bridgehead atoms. The molecule has 0 spiro atoms. The molecule has 0 radical (unpaired) electrons. The molecule has 0 amide bonds. The summed E-state index contributed by atoms with van der Waals surface area (Å²) in [5.74, 6) is 0. The maximum Gasteiger partial charge on any atom is 0.153 e. The van der Waals surface area contributed by atoms with Crippen LogP contribution >= 0.6 is 0 Å². The lowest BCUT2D eigenvalue weighted by molar-refractivity contribution is 0.667. The van der Waals surface area contributed by atoms with Gasteiger partial charge in [-0.2, -0.15) is 0 Å². The van der Waals surface area contributed by atoms with E-state index in [0.29, 0.717) is 0 Å². The summed E-state index contributed by atoms with van der Waals surface area (Å²) in [6, 6.07) is 48.6. The van der Waals surface area contributed by atoms with E-state index in [1.807, 2.05) is 6.20 Å². The van der Waals surface area contributed by atoms with Crippen LogP contribution in [0.3, 0.4) is 0 Å². The normalized spacial score (nSPS) is 12.4. The SMILES string of the molecule is c1ccc2c(c1)c1ccc3c4ccccc4n4c5ccc(cc5)c5cc6c(cn5)oc5ccc(cc56)c5ccc(cc5)n2c1c34. The number of hydrogen-bond acceptors (Lipinski definition) is 2. The fourth-order valence-corrected chi connectivity index (χ4v) is 7.64. The van der Waals surface area contributed by atoms with Gasteiger partial charge in [0.05, 0.1) is 33.8 Å². The summed E-state index contributed by atoms with van der Waals surface area (Å²) < 4.78 is 11.1. The van der Waals surface area contributed by atoms with Gasteiger partial charge in [0, 0.05) is 48.7 Å². The second-order valence-electron chi connectivity index (χ2n) is 12.0. The molecule has 208 valence electrons. The van der Waals surface area contributed by atoms with Gasteiger partial charge in [-0.25, -0.2) is 0 Å². The Morgan fingerprint density at radius 3 is 1.62 bits per heavy atom. The molecule has 0 atom stereocenters. The van der Waals surface area contributed by atoms with E-state index in [2.05, 4.69) is 142 Å². The minimum atomic E-state index is 0.800. The number of rotatable bonds is 0. The molecular formula is C41H23N3O. The molecule has 6 aromatic carbocycles. The van der Waals surface area contributed by atoms with Crippen LogP contribution in [0.5, 0.6) is 0 Å². The Balaban J connectivity index is 1.46. The Morgan fingerprint density at radius 1 is 0.422 bits per heavy atom. The fourth-order valence-electron chi connectivity index (χ4n) is 7.64. The molecule has 0 aliphatic carbocycles. The van der Waals surface area contributed by atoms with Crippen LogP contribution in [0.2, 0.25) is 0 Å². The van der Waals surface area contributed by atoms with E-state index in [-0.39, 0.29) is 0 Å². The molecule has 4 nitrogen and oxygen atoms in total. The Labute approximate surface area is 255 Å². The third-order valence-electron chi connectivity index (χ3n) is 9.71. The first-order valence-corrected chi connectivity index (χ1v) is 15.3. The summed E-state index contributed by atoms with van der Waals surface area (Å²) >= 11 is 0. The largest absolute Gasteiger partial charge is 0.454 e. The predicted octanol–water partition coefficient (Wildman–Crippen LogP) is 11.0. The molecule has 14 rings (SSSR count). The number of fused-ring (bicyclic) bond motifs is 4. The molecule has 45 heavy (non-hydrogen) atoms. The minimum absolute atomic E-state index is 0.800. The van der Waals surface area contributed by atoms with Crippen LogP contribution in [0.15, 0.2) is 144 Å². The van der Waals surface area contributed by atoms with Crippen molar-refractivity contribution in [3.05, 3.63) is 140 Å². The van der Waals surface area contributed by atoms with Gasteiger partial charge in [-0.1, -0.05) is 78.9 Å². The molecule has 0 aliphatic rings. The van der Waals surface area contributed by atoms with Gasteiger partial charge in [0.2, 0.25) is 0 Å². The Kier molecular flexibility index (Phi) is 4.29. The number of benzene rings is 6. The molecule has 0 saturated heterocycles. The van der Waals surface area contributed by atoms with Crippen LogP contribution in [0.25, 0.3) is 98.3 Å². The van der Waals surface area contributed by atoms with Gasteiger partial charge in [0.1, 0.15) is 5.58 Å². The Morgan fingerprint density at radius 2 is 0.978 bits per heavy atom. The Hall–Kier alpha value is -6.13. The summed E-state index contributed by atoms with van der Waals surface area (Å²) in [5, 5.41) is 10.5. The van der Waals surface area contributed by atoms with Crippen molar-refractivity contribution in [2.75, 3.05) is 0 Å². The van der Waals surface area contributed by atoms with Crippen LogP contribution in [-0.4, -0.2) is 13.8 Å². The van der Waals surface area contributed by atoms with E-state index in [1.165, 1.54) is 49.0 Å². The number of aromatic nitrogens is 3. The zero-order valence-electron chi connectivity index (χ0n) is 24.0. The first-order chi connectivity index (χ1) is 22.3.